The molecular weight excluding hydrogens is 396 g/mol. The largest absolute Gasteiger partial charge is 0.490 e. The Balaban J connectivity index is 1.37. The Bertz CT molecular complexity index is 872. The number of ether oxygens (including phenoxy) is 3. The summed E-state index contributed by atoms with van der Waals surface area (Å²) in [4.78, 5) is 9.07. The van der Waals surface area contributed by atoms with E-state index in [1.165, 1.54) is 12.8 Å². The molecule has 0 saturated heterocycles. The topological polar surface area (TPSA) is 90.1 Å². The molecule has 2 aromatic rings. The number of benzene rings is 1. The molecule has 1 aliphatic heterocycles. The summed E-state index contributed by atoms with van der Waals surface area (Å²) in [6.45, 7) is 7.91. The highest BCUT2D eigenvalue weighted by molar-refractivity contribution is 5.93. The van der Waals surface area contributed by atoms with Crippen molar-refractivity contribution in [1.82, 2.24) is 10.3 Å². The maximum Gasteiger partial charge on any atom is 0.216 e. The third kappa shape index (κ3) is 6.62. The van der Waals surface area contributed by atoms with Gasteiger partial charge in [-0.2, -0.15) is 0 Å². The van der Waals surface area contributed by atoms with Gasteiger partial charge < -0.3 is 29.3 Å². The van der Waals surface area contributed by atoms with Gasteiger partial charge in [0.15, 0.2) is 17.5 Å². The average Bonchev–Trinajstić information content (AvgIpc) is 3.56. The van der Waals surface area contributed by atoms with E-state index in [0.29, 0.717) is 31.6 Å². The summed E-state index contributed by atoms with van der Waals surface area (Å²) in [5.41, 5.74) is 1.77. The van der Waals surface area contributed by atoms with Gasteiger partial charge >= 0.3 is 0 Å². The van der Waals surface area contributed by atoms with Crippen molar-refractivity contribution in [3.63, 3.8) is 0 Å². The molecule has 1 saturated carbocycles. The zero-order valence-electron chi connectivity index (χ0n) is 18.4. The molecule has 1 aliphatic carbocycles. The van der Waals surface area contributed by atoms with E-state index in [0.717, 1.165) is 67.2 Å². The number of nitrogens with one attached hydrogen (secondary N) is 2. The van der Waals surface area contributed by atoms with E-state index >= 15 is 0 Å². The zero-order valence-corrected chi connectivity index (χ0v) is 18.4. The first-order chi connectivity index (χ1) is 15.2. The molecule has 0 bridgehead atoms. The molecule has 0 atom stereocenters. The molecule has 168 valence electrons. The fraction of sp³-hybridized carbons (Fsp3) is 0.565. The van der Waals surface area contributed by atoms with Crippen LogP contribution in [-0.2, 0) is 11.3 Å². The standard InChI is InChI=1S/C23H32N4O4/c1-16-17(2)31-22(26-16)14-25-23(24-9-3-10-28-15-18-5-6-18)27-19-7-8-20-21(13-19)30-12-4-11-29-20/h7-8,13,18H,3-6,9-12,14-15H2,1-2H3,(H2,24,25,27). The van der Waals surface area contributed by atoms with Gasteiger partial charge in [-0.1, -0.05) is 0 Å². The first-order valence-electron chi connectivity index (χ1n) is 11.1. The minimum absolute atomic E-state index is 0.354. The number of hydrogen-bond acceptors (Lipinski definition) is 6. The van der Waals surface area contributed by atoms with Crippen LogP contribution in [0, 0.1) is 19.8 Å². The third-order valence-electron chi connectivity index (χ3n) is 5.26. The lowest BCUT2D eigenvalue weighted by Crippen LogP contribution is -2.32. The van der Waals surface area contributed by atoms with Gasteiger partial charge in [0.1, 0.15) is 12.3 Å². The van der Waals surface area contributed by atoms with Crippen LogP contribution < -0.4 is 20.1 Å². The molecule has 2 N–H and O–H groups in total. The van der Waals surface area contributed by atoms with E-state index in [2.05, 4.69) is 20.6 Å². The lowest BCUT2D eigenvalue weighted by Gasteiger charge is -2.14. The van der Waals surface area contributed by atoms with Crippen molar-refractivity contribution in [3.05, 3.63) is 35.5 Å². The van der Waals surface area contributed by atoms with Gasteiger partial charge in [-0.05, 0) is 51.2 Å². The Hall–Kier alpha value is -2.74. The molecule has 0 radical (unpaired) electrons. The molecule has 0 amide bonds. The summed E-state index contributed by atoms with van der Waals surface area (Å²) in [7, 11) is 0. The van der Waals surface area contributed by atoms with Crippen LogP contribution in [-0.4, -0.2) is 43.9 Å². The number of rotatable bonds is 9. The molecule has 2 heterocycles. The van der Waals surface area contributed by atoms with Crippen LogP contribution in [0.4, 0.5) is 5.69 Å². The molecule has 31 heavy (non-hydrogen) atoms. The summed E-state index contributed by atoms with van der Waals surface area (Å²) in [6.07, 6.45) is 4.41. The summed E-state index contributed by atoms with van der Waals surface area (Å²) < 4.78 is 22.9. The fourth-order valence-corrected chi connectivity index (χ4v) is 3.19. The van der Waals surface area contributed by atoms with Crippen molar-refractivity contribution in [1.29, 1.82) is 0 Å². The Morgan fingerprint density at radius 1 is 1.19 bits per heavy atom. The molecule has 0 unspecified atom stereocenters. The van der Waals surface area contributed by atoms with Gasteiger partial charge in [-0.15, -0.1) is 0 Å². The summed E-state index contributed by atoms with van der Waals surface area (Å²) in [6, 6.07) is 5.83. The van der Waals surface area contributed by atoms with E-state index < -0.39 is 0 Å². The number of oxazole rings is 1. The summed E-state index contributed by atoms with van der Waals surface area (Å²) >= 11 is 0. The second-order valence-electron chi connectivity index (χ2n) is 8.05. The van der Waals surface area contributed by atoms with Crippen LogP contribution in [0.2, 0.25) is 0 Å². The van der Waals surface area contributed by atoms with E-state index in [1.54, 1.807) is 0 Å². The van der Waals surface area contributed by atoms with Gasteiger partial charge in [0.05, 0.1) is 18.9 Å². The van der Waals surface area contributed by atoms with Crippen LogP contribution in [0.5, 0.6) is 11.5 Å². The average molecular weight is 429 g/mol. The maximum absolute atomic E-state index is 5.80. The van der Waals surface area contributed by atoms with Gasteiger partial charge in [-0.25, -0.2) is 9.98 Å². The minimum atomic E-state index is 0.354. The maximum atomic E-state index is 5.80. The van der Waals surface area contributed by atoms with Crippen molar-refractivity contribution >= 4 is 11.6 Å². The summed E-state index contributed by atoms with van der Waals surface area (Å²) in [5.74, 6) is 4.39. The van der Waals surface area contributed by atoms with Crippen LogP contribution in [0.3, 0.4) is 0 Å². The van der Waals surface area contributed by atoms with Crippen LogP contribution >= 0.6 is 0 Å². The first-order valence-corrected chi connectivity index (χ1v) is 11.1. The van der Waals surface area contributed by atoms with Crippen LogP contribution in [0.25, 0.3) is 0 Å². The van der Waals surface area contributed by atoms with E-state index in [1.807, 2.05) is 32.0 Å². The number of aryl methyl sites for hydroxylation is 2. The molecule has 4 rings (SSSR count). The number of hydrogen-bond donors (Lipinski definition) is 2. The lowest BCUT2D eigenvalue weighted by molar-refractivity contribution is 0.123. The number of aromatic nitrogens is 1. The van der Waals surface area contributed by atoms with Crippen molar-refractivity contribution < 1.29 is 18.6 Å². The van der Waals surface area contributed by atoms with E-state index in [4.69, 9.17) is 18.6 Å². The number of anilines is 1. The van der Waals surface area contributed by atoms with Gasteiger partial charge in [0, 0.05) is 37.9 Å². The van der Waals surface area contributed by atoms with Crippen molar-refractivity contribution in [2.45, 2.75) is 46.1 Å². The molecule has 8 nitrogen and oxygen atoms in total. The second kappa shape index (κ2) is 10.5. The van der Waals surface area contributed by atoms with Crippen LogP contribution in [0.1, 0.15) is 43.0 Å². The van der Waals surface area contributed by atoms with Crippen molar-refractivity contribution in [3.8, 4) is 11.5 Å². The molecular formula is C23H32N4O4. The highest BCUT2D eigenvalue weighted by atomic mass is 16.5. The predicted octanol–water partition coefficient (Wildman–Crippen LogP) is 3.83. The number of nitrogens with zero attached hydrogens (tertiary/aromatic N) is 2. The smallest absolute Gasteiger partial charge is 0.216 e. The van der Waals surface area contributed by atoms with Gasteiger partial charge in [-0.3, -0.25) is 0 Å². The first kappa shape index (κ1) is 21.5. The second-order valence-corrected chi connectivity index (χ2v) is 8.05. The predicted molar refractivity (Wildman–Crippen MR) is 119 cm³/mol. The molecule has 1 aromatic carbocycles. The minimum Gasteiger partial charge on any atom is -0.490 e. The Morgan fingerprint density at radius 3 is 2.81 bits per heavy atom. The number of guanidine groups is 1. The molecule has 1 fully saturated rings. The SMILES string of the molecule is Cc1nc(CN=C(NCCCOCC2CC2)Nc2ccc3c(c2)OCCCO3)oc1C. The lowest BCUT2D eigenvalue weighted by atomic mass is 10.2. The molecule has 2 aliphatic rings. The number of fused-ring (bicyclic) bond motifs is 1. The number of aliphatic imine (C=N–C) groups is 1. The Labute approximate surface area is 183 Å². The highest BCUT2D eigenvalue weighted by Gasteiger charge is 2.20. The van der Waals surface area contributed by atoms with E-state index in [9.17, 15) is 0 Å². The van der Waals surface area contributed by atoms with Crippen molar-refractivity contribution in [2.24, 2.45) is 10.9 Å². The third-order valence-corrected chi connectivity index (χ3v) is 5.26. The van der Waals surface area contributed by atoms with E-state index in [-0.39, 0.29) is 0 Å². The normalized spacial score (nSPS) is 16.1. The molecule has 0 spiro atoms. The molecule has 8 heteroatoms. The monoisotopic (exact) mass is 428 g/mol. The Kier molecular flexibility index (Phi) is 7.30. The van der Waals surface area contributed by atoms with Gasteiger partial charge in [0.25, 0.3) is 0 Å². The van der Waals surface area contributed by atoms with Crippen molar-refractivity contribution in [2.75, 3.05) is 38.3 Å². The quantitative estimate of drug-likeness (QED) is 0.356. The van der Waals surface area contributed by atoms with Gasteiger partial charge in [0.2, 0.25) is 5.89 Å². The molecule has 1 aromatic heterocycles. The summed E-state index contributed by atoms with van der Waals surface area (Å²) in [5, 5.41) is 6.73. The van der Waals surface area contributed by atoms with Crippen LogP contribution in [0.15, 0.2) is 27.6 Å². The zero-order chi connectivity index (χ0) is 21.5. The fourth-order valence-electron chi connectivity index (χ4n) is 3.19. The Morgan fingerprint density at radius 2 is 2.03 bits per heavy atom. The highest BCUT2D eigenvalue weighted by Crippen LogP contribution is 2.32.